The van der Waals surface area contributed by atoms with E-state index in [1.807, 2.05) is 6.20 Å². The molecule has 0 atom stereocenters. The second kappa shape index (κ2) is 6.96. The fourth-order valence-electron chi connectivity index (χ4n) is 2.90. The van der Waals surface area contributed by atoms with Gasteiger partial charge in [0, 0.05) is 24.6 Å². The van der Waals surface area contributed by atoms with Crippen LogP contribution in [-0.4, -0.2) is 28.0 Å². The molecule has 0 aliphatic carbocycles. The summed E-state index contributed by atoms with van der Waals surface area (Å²) in [6.45, 7) is 6.18. The first-order valence-corrected chi connectivity index (χ1v) is 8.45. The Labute approximate surface area is 156 Å². The summed E-state index contributed by atoms with van der Waals surface area (Å²) < 4.78 is 19.0. The number of nitrogen functional groups attached to an aromatic ring is 1. The Kier molecular flexibility index (Phi) is 4.84. The molecule has 0 aliphatic heterocycles. The van der Waals surface area contributed by atoms with Crippen LogP contribution in [0.4, 0.5) is 15.9 Å². The summed E-state index contributed by atoms with van der Waals surface area (Å²) in [5, 5.41) is 3.33. The summed E-state index contributed by atoms with van der Waals surface area (Å²) in [6.07, 6.45) is 1.82. The van der Waals surface area contributed by atoms with Crippen LogP contribution in [0.25, 0.3) is 11.0 Å². The van der Waals surface area contributed by atoms with Crippen molar-refractivity contribution < 1.29 is 13.9 Å². The third-order valence-corrected chi connectivity index (χ3v) is 4.23. The molecule has 4 N–H and O–H groups in total. The lowest BCUT2D eigenvalue weighted by atomic mass is 9.87. The van der Waals surface area contributed by atoms with Crippen LogP contribution in [0.5, 0.6) is 0 Å². The molecular weight excluding hydrogens is 349 g/mol. The van der Waals surface area contributed by atoms with Gasteiger partial charge >= 0.3 is 0 Å². The van der Waals surface area contributed by atoms with Gasteiger partial charge in [-0.25, -0.2) is 14.4 Å². The van der Waals surface area contributed by atoms with Gasteiger partial charge in [0.1, 0.15) is 17.3 Å². The molecule has 1 amide bonds. The van der Waals surface area contributed by atoms with Crippen molar-refractivity contribution in [3.05, 3.63) is 47.2 Å². The highest BCUT2D eigenvalue weighted by atomic mass is 19.1. The topological polar surface area (TPSA) is 106 Å². The van der Waals surface area contributed by atoms with E-state index in [1.165, 1.54) is 19.2 Å². The summed E-state index contributed by atoms with van der Waals surface area (Å²) in [7, 11) is 1.45. The maximum atomic E-state index is 14.0. The average molecular weight is 371 g/mol. The number of hydrogen-bond acceptors (Lipinski definition) is 5. The highest BCUT2D eigenvalue weighted by molar-refractivity contribution is 6.04. The van der Waals surface area contributed by atoms with E-state index in [-0.39, 0.29) is 29.2 Å². The second-order valence-electron chi connectivity index (χ2n) is 7.26. The molecule has 8 heteroatoms. The number of anilines is 2. The Hall–Kier alpha value is -3.00. The normalized spacial score (nSPS) is 11.7. The molecule has 0 unspecified atom stereocenters. The minimum absolute atomic E-state index is 0.0237. The number of ether oxygens (including phenoxy) is 1. The minimum Gasteiger partial charge on any atom is -0.383 e. The summed E-state index contributed by atoms with van der Waals surface area (Å²) >= 11 is 0. The molecule has 2 heterocycles. The van der Waals surface area contributed by atoms with Gasteiger partial charge in [0.2, 0.25) is 5.82 Å². The van der Waals surface area contributed by atoms with E-state index < -0.39 is 11.7 Å². The van der Waals surface area contributed by atoms with Crippen molar-refractivity contribution in [2.75, 3.05) is 18.2 Å². The molecule has 0 radical (unpaired) electrons. The fourth-order valence-corrected chi connectivity index (χ4v) is 2.90. The highest BCUT2D eigenvalue weighted by Crippen LogP contribution is 2.32. The van der Waals surface area contributed by atoms with Crippen LogP contribution in [0.3, 0.4) is 0 Å². The Bertz CT molecular complexity index is 1010. The van der Waals surface area contributed by atoms with Crippen molar-refractivity contribution in [3.63, 3.8) is 0 Å². The fraction of sp³-hybridized carbons (Fsp3) is 0.316. The molecule has 0 aliphatic rings. The Morgan fingerprint density at radius 2 is 2.07 bits per heavy atom. The van der Waals surface area contributed by atoms with Crippen LogP contribution in [0.2, 0.25) is 0 Å². The molecule has 0 saturated carbocycles. The van der Waals surface area contributed by atoms with Gasteiger partial charge in [0.25, 0.3) is 5.91 Å². The number of amides is 1. The van der Waals surface area contributed by atoms with Crippen LogP contribution >= 0.6 is 0 Å². The van der Waals surface area contributed by atoms with E-state index in [1.54, 1.807) is 6.07 Å². The van der Waals surface area contributed by atoms with Crippen LogP contribution in [0.15, 0.2) is 24.4 Å². The Morgan fingerprint density at radius 3 is 2.74 bits per heavy atom. The van der Waals surface area contributed by atoms with Gasteiger partial charge < -0.3 is 20.8 Å². The number of nitrogens with two attached hydrogens (primary N) is 1. The number of H-pyrrole nitrogens is 1. The van der Waals surface area contributed by atoms with Crippen LogP contribution in [0.1, 0.15) is 42.5 Å². The predicted octanol–water partition coefficient (Wildman–Crippen LogP) is 3.38. The van der Waals surface area contributed by atoms with E-state index in [2.05, 4.69) is 41.0 Å². The molecule has 2 aromatic heterocycles. The molecule has 142 valence electrons. The Balaban J connectivity index is 1.97. The smallest absolute Gasteiger partial charge is 0.293 e. The van der Waals surface area contributed by atoms with Crippen molar-refractivity contribution in [2.24, 2.45) is 0 Å². The molecule has 0 saturated heterocycles. The first kappa shape index (κ1) is 18.8. The lowest BCUT2D eigenvalue weighted by Gasteiger charge is -2.17. The summed E-state index contributed by atoms with van der Waals surface area (Å²) in [6, 6.07) is 4.39. The van der Waals surface area contributed by atoms with Gasteiger partial charge in [-0.15, -0.1) is 0 Å². The molecule has 1 aromatic carbocycles. The van der Waals surface area contributed by atoms with Gasteiger partial charge in [0.05, 0.1) is 12.0 Å². The quantitative estimate of drug-likeness (QED) is 0.652. The zero-order valence-corrected chi connectivity index (χ0v) is 15.7. The van der Waals surface area contributed by atoms with E-state index in [0.717, 1.165) is 5.56 Å². The number of benzene rings is 1. The highest BCUT2D eigenvalue weighted by Gasteiger charge is 2.23. The number of carbonyl (C=O) groups is 1. The van der Waals surface area contributed by atoms with Crippen LogP contribution in [-0.2, 0) is 16.8 Å². The largest absolute Gasteiger partial charge is 0.383 e. The second-order valence-corrected chi connectivity index (χ2v) is 7.26. The van der Waals surface area contributed by atoms with Gasteiger partial charge in [-0.3, -0.25) is 4.79 Å². The maximum Gasteiger partial charge on any atom is 0.293 e. The first-order valence-electron chi connectivity index (χ1n) is 8.45. The number of halogens is 1. The molecule has 0 bridgehead atoms. The van der Waals surface area contributed by atoms with Crippen LogP contribution < -0.4 is 11.1 Å². The number of nitrogens with one attached hydrogen (secondary N) is 2. The number of aromatic nitrogens is 3. The van der Waals surface area contributed by atoms with Gasteiger partial charge in [-0.1, -0.05) is 26.8 Å². The van der Waals surface area contributed by atoms with Crippen molar-refractivity contribution in [2.45, 2.75) is 32.8 Å². The van der Waals surface area contributed by atoms with Crippen molar-refractivity contribution in [1.29, 1.82) is 0 Å². The zero-order valence-electron chi connectivity index (χ0n) is 15.7. The standard InChI is InChI=1S/C19H22FN5O2/c1-19(2,3)11-8-22-16-14(11)15(21)24-17(25-16)18(26)23-13-7-5-6-12(20)10(13)9-27-4/h5-8H,9H2,1-4H3,(H,23,26)(H3,21,22,24,25). The average Bonchev–Trinajstić information content (AvgIpc) is 3.03. The summed E-state index contributed by atoms with van der Waals surface area (Å²) in [5.74, 6) is -0.939. The first-order chi connectivity index (χ1) is 12.7. The van der Waals surface area contributed by atoms with Gasteiger partial charge in [-0.2, -0.15) is 0 Å². The lowest BCUT2D eigenvalue weighted by molar-refractivity contribution is 0.101. The molecule has 0 fully saturated rings. The molecule has 7 nitrogen and oxygen atoms in total. The van der Waals surface area contributed by atoms with E-state index >= 15 is 0 Å². The number of nitrogens with zero attached hydrogens (tertiary/aromatic N) is 2. The van der Waals surface area contributed by atoms with Crippen molar-refractivity contribution in [1.82, 2.24) is 15.0 Å². The monoisotopic (exact) mass is 371 g/mol. The van der Waals surface area contributed by atoms with Gasteiger partial charge in [0.15, 0.2) is 0 Å². The number of rotatable bonds is 4. The molecule has 0 spiro atoms. The third kappa shape index (κ3) is 3.61. The van der Waals surface area contributed by atoms with E-state index in [0.29, 0.717) is 16.7 Å². The molecule has 3 rings (SSSR count). The van der Waals surface area contributed by atoms with E-state index in [4.69, 9.17) is 10.5 Å². The lowest BCUT2D eigenvalue weighted by Crippen LogP contribution is -2.18. The number of aromatic amines is 1. The van der Waals surface area contributed by atoms with E-state index in [9.17, 15) is 9.18 Å². The SMILES string of the molecule is COCc1c(F)cccc1NC(=O)c1nc(N)c2c(C(C)(C)C)c[nH]c2n1. The predicted molar refractivity (Wildman–Crippen MR) is 102 cm³/mol. The molecule has 3 aromatic rings. The van der Waals surface area contributed by atoms with Crippen molar-refractivity contribution in [3.8, 4) is 0 Å². The molecule has 27 heavy (non-hydrogen) atoms. The summed E-state index contributed by atoms with van der Waals surface area (Å²) in [4.78, 5) is 24.1. The van der Waals surface area contributed by atoms with Crippen LogP contribution in [0, 0.1) is 5.82 Å². The molecular formula is C19H22FN5O2. The Morgan fingerprint density at radius 1 is 1.33 bits per heavy atom. The third-order valence-electron chi connectivity index (χ3n) is 4.23. The maximum absolute atomic E-state index is 14.0. The van der Waals surface area contributed by atoms with Gasteiger partial charge in [-0.05, 0) is 23.1 Å². The minimum atomic E-state index is -0.585. The number of hydrogen-bond donors (Lipinski definition) is 3. The number of fused-ring (bicyclic) bond motifs is 1. The summed E-state index contributed by atoms with van der Waals surface area (Å²) in [5.41, 5.74) is 7.94. The zero-order chi connectivity index (χ0) is 19.8. The number of carbonyl (C=O) groups excluding carboxylic acids is 1. The number of methoxy groups -OCH3 is 1. The van der Waals surface area contributed by atoms with Crippen molar-refractivity contribution >= 4 is 28.4 Å².